The van der Waals surface area contributed by atoms with Gasteiger partial charge in [0.2, 0.25) is 5.91 Å². The molecular weight excluding hydrogens is 322 g/mol. The predicted octanol–water partition coefficient (Wildman–Crippen LogP) is 4.06. The van der Waals surface area contributed by atoms with E-state index in [1.807, 2.05) is 50.2 Å². The van der Waals surface area contributed by atoms with Gasteiger partial charge in [-0.25, -0.2) is 0 Å². The summed E-state index contributed by atoms with van der Waals surface area (Å²) in [6.45, 7) is 4.66. The van der Waals surface area contributed by atoms with E-state index in [4.69, 9.17) is 9.47 Å². The molecule has 1 amide bonds. The molecule has 24 heavy (non-hydrogen) atoms. The first-order chi connectivity index (χ1) is 11.6. The van der Waals surface area contributed by atoms with Gasteiger partial charge in [-0.15, -0.1) is 11.8 Å². The number of anilines is 1. The number of amides is 1. The number of aryl methyl sites for hydroxylation is 2. The molecular formula is C19H23NO3S. The van der Waals surface area contributed by atoms with Crippen molar-refractivity contribution in [3.63, 3.8) is 0 Å². The summed E-state index contributed by atoms with van der Waals surface area (Å²) in [6.07, 6.45) is 0. The zero-order chi connectivity index (χ0) is 17.4. The number of carbonyl (C=O) groups is 1. The van der Waals surface area contributed by atoms with E-state index in [0.29, 0.717) is 12.4 Å². The molecule has 4 nitrogen and oxygen atoms in total. The van der Waals surface area contributed by atoms with Gasteiger partial charge in [-0.2, -0.15) is 0 Å². The van der Waals surface area contributed by atoms with Crippen LogP contribution in [0.4, 0.5) is 5.69 Å². The van der Waals surface area contributed by atoms with Crippen LogP contribution < -0.4 is 14.8 Å². The van der Waals surface area contributed by atoms with Crippen molar-refractivity contribution in [2.24, 2.45) is 0 Å². The number of hydrogen-bond acceptors (Lipinski definition) is 4. The van der Waals surface area contributed by atoms with E-state index in [2.05, 4.69) is 5.32 Å². The minimum atomic E-state index is -0.0275. The molecule has 0 unspecified atom stereocenters. The lowest BCUT2D eigenvalue weighted by molar-refractivity contribution is -0.113. The minimum Gasteiger partial charge on any atom is -0.497 e. The number of carbonyl (C=O) groups excluding carboxylic acids is 1. The quantitative estimate of drug-likeness (QED) is 0.733. The molecule has 128 valence electrons. The van der Waals surface area contributed by atoms with E-state index < -0.39 is 0 Å². The van der Waals surface area contributed by atoms with Gasteiger partial charge in [-0.1, -0.05) is 24.3 Å². The van der Waals surface area contributed by atoms with Gasteiger partial charge in [0.25, 0.3) is 0 Å². The lowest BCUT2D eigenvalue weighted by atomic mass is 10.1. The number of para-hydroxylation sites is 1. The Morgan fingerprint density at radius 1 is 1.12 bits per heavy atom. The fourth-order valence-electron chi connectivity index (χ4n) is 2.29. The molecule has 5 heteroatoms. The van der Waals surface area contributed by atoms with Crippen LogP contribution in [-0.4, -0.2) is 31.1 Å². The molecule has 0 aromatic heterocycles. The number of thioether (sulfide) groups is 1. The van der Waals surface area contributed by atoms with E-state index in [1.54, 1.807) is 24.9 Å². The standard InChI is InChI=1S/C19H23NO3S/c1-14-6-4-7-15(2)19(14)23-10-11-24-13-18(21)20-16-8-5-9-17(12-16)22-3/h4-9,12H,10-11,13H2,1-3H3,(H,20,21). The van der Waals surface area contributed by atoms with Gasteiger partial charge in [0.15, 0.2) is 0 Å². The number of nitrogens with one attached hydrogen (secondary N) is 1. The monoisotopic (exact) mass is 345 g/mol. The number of ether oxygens (including phenoxy) is 2. The first-order valence-electron chi connectivity index (χ1n) is 7.81. The van der Waals surface area contributed by atoms with Crippen LogP contribution in [0, 0.1) is 13.8 Å². The maximum Gasteiger partial charge on any atom is 0.234 e. The van der Waals surface area contributed by atoms with Crippen molar-refractivity contribution < 1.29 is 14.3 Å². The van der Waals surface area contributed by atoms with Crippen LogP contribution in [0.5, 0.6) is 11.5 Å². The van der Waals surface area contributed by atoms with Gasteiger partial charge in [0.1, 0.15) is 11.5 Å². The predicted molar refractivity (Wildman–Crippen MR) is 100 cm³/mol. The van der Waals surface area contributed by atoms with Crippen LogP contribution in [0.3, 0.4) is 0 Å². The van der Waals surface area contributed by atoms with E-state index in [9.17, 15) is 4.79 Å². The molecule has 1 N–H and O–H groups in total. The first kappa shape index (κ1) is 18.2. The Labute approximate surface area is 147 Å². The molecule has 0 radical (unpaired) electrons. The lowest BCUT2D eigenvalue weighted by Crippen LogP contribution is -2.15. The van der Waals surface area contributed by atoms with Crippen molar-refractivity contribution in [1.82, 2.24) is 0 Å². The van der Waals surface area contributed by atoms with Crippen molar-refractivity contribution in [1.29, 1.82) is 0 Å². The van der Waals surface area contributed by atoms with Crippen LogP contribution >= 0.6 is 11.8 Å². The fraction of sp³-hybridized carbons (Fsp3) is 0.316. The van der Waals surface area contributed by atoms with Crippen molar-refractivity contribution >= 4 is 23.4 Å². The molecule has 2 aromatic rings. The topological polar surface area (TPSA) is 47.6 Å². The summed E-state index contributed by atoms with van der Waals surface area (Å²) in [4.78, 5) is 11.9. The van der Waals surface area contributed by atoms with Gasteiger partial charge in [0, 0.05) is 17.5 Å². The lowest BCUT2D eigenvalue weighted by Gasteiger charge is -2.11. The summed E-state index contributed by atoms with van der Waals surface area (Å²) in [7, 11) is 1.60. The zero-order valence-electron chi connectivity index (χ0n) is 14.3. The molecule has 0 heterocycles. The summed E-state index contributed by atoms with van der Waals surface area (Å²) in [5.41, 5.74) is 3.01. The third kappa shape index (κ3) is 5.49. The second kappa shape index (κ2) is 9.23. The summed E-state index contributed by atoms with van der Waals surface area (Å²) < 4.78 is 11.0. The zero-order valence-corrected chi connectivity index (χ0v) is 15.1. The Balaban J connectivity index is 1.69. The maximum absolute atomic E-state index is 11.9. The highest BCUT2D eigenvalue weighted by Crippen LogP contribution is 2.22. The normalized spacial score (nSPS) is 10.3. The Kier molecular flexibility index (Phi) is 7.00. The Bertz CT molecular complexity index is 668. The molecule has 2 rings (SSSR count). The van der Waals surface area contributed by atoms with E-state index in [0.717, 1.165) is 34.1 Å². The molecule has 2 aromatic carbocycles. The summed E-state index contributed by atoms with van der Waals surface area (Å²) in [6, 6.07) is 13.4. The molecule has 0 saturated carbocycles. The third-order valence-electron chi connectivity index (χ3n) is 3.47. The third-order valence-corrected chi connectivity index (χ3v) is 4.39. The number of rotatable bonds is 8. The van der Waals surface area contributed by atoms with Gasteiger partial charge >= 0.3 is 0 Å². The Morgan fingerprint density at radius 2 is 1.83 bits per heavy atom. The SMILES string of the molecule is COc1cccc(NC(=O)CSCCOc2c(C)cccc2C)c1. The second-order valence-electron chi connectivity index (χ2n) is 5.40. The van der Waals surface area contributed by atoms with Gasteiger partial charge in [0.05, 0.1) is 19.5 Å². The van der Waals surface area contributed by atoms with E-state index in [1.165, 1.54) is 0 Å². The summed E-state index contributed by atoms with van der Waals surface area (Å²) in [5, 5.41) is 2.86. The molecule has 0 atom stereocenters. The molecule has 0 aliphatic rings. The van der Waals surface area contributed by atoms with E-state index >= 15 is 0 Å². The van der Waals surface area contributed by atoms with Crippen LogP contribution in [0.15, 0.2) is 42.5 Å². The smallest absolute Gasteiger partial charge is 0.234 e. The van der Waals surface area contributed by atoms with E-state index in [-0.39, 0.29) is 5.91 Å². The number of hydrogen-bond donors (Lipinski definition) is 1. The van der Waals surface area contributed by atoms with Crippen molar-refractivity contribution in [2.45, 2.75) is 13.8 Å². The Morgan fingerprint density at radius 3 is 2.54 bits per heavy atom. The fourth-order valence-corrected chi connectivity index (χ4v) is 2.90. The summed E-state index contributed by atoms with van der Waals surface area (Å²) >= 11 is 1.55. The average Bonchev–Trinajstić information content (AvgIpc) is 2.57. The van der Waals surface area contributed by atoms with Crippen LogP contribution in [0.2, 0.25) is 0 Å². The van der Waals surface area contributed by atoms with Crippen LogP contribution in [-0.2, 0) is 4.79 Å². The van der Waals surface area contributed by atoms with Crippen molar-refractivity contribution in [2.75, 3.05) is 30.5 Å². The molecule has 0 fully saturated rings. The second-order valence-corrected chi connectivity index (χ2v) is 6.51. The summed E-state index contributed by atoms with van der Waals surface area (Å²) in [5.74, 6) is 2.80. The van der Waals surface area contributed by atoms with Crippen molar-refractivity contribution in [3.8, 4) is 11.5 Å². The molecule has 0 spiro atoms. The average molecular weight is 345 g/mol. The largest absolute Gasteiger partial charge is 0.497 e. The van der Waals surface area contributed by atoms with Gasteiger partial charge in [-0.05, 0) is 37.1 Å². The molecule has 0 bridgehead atoms. The minimum absolute atomic E-state index is 0.0275. The van der Waals surface area contributed by atoms with Gasteiger partial charge < -0.3 is 14.8 Å². The van der Waals surface area contributed by atoms with Crippen LogP contribution in [0.25, 0.3) is 0 Å². The highest BCUT2D eigenvalue weighted by atomic mass is 32.2. The van der Waals surface area contributed by atoms with Crippen molar-refractivity contribution in [3.05, 3.63) is 53.6 Å². The first-order valence-corrected chi connectivity index (χ1v) is 8.96. The number of benzene rings is 2. The van der Waals surface area contributed by atoms with Crippen LogP contribution in [0.1, 0.15) is 11.1 Å². The van der Waals surface area contributed by atoms with Gasteiger partial charge in [-0.3, -0.25) is 4.79 Å². The number of methoxy groups -OCH3 is 1. The molecule has 0 aliphatic carbocycles. The highest BCUT2D eigenvalue weighted by Gasteiger charge is 2.05. The Hall–Kier alpha value is -2.14. The maximum atomic E-state index is 11.9. The molecule has 0 aliphatic heterocycles. The highest BCUT2D eigenvalue weighted by molar-refractivity contribution is 7.99. The molecule has 0 saturated heterocycles.